The van der Waals surface area contributed by atoms with Crippen molar-refractivity contribution in [3.05, 3.63) is 22.9 Å². The highest BCUT2D eigenvalue weighted by Gasteiger charge is 2.17. The van der Waals surface area contributed by atoms with E-state index in [-0.39, 0.29) is 0 Å². The number of nitrogens with zero attached hydrogens (tertiary/aromatic N) is 3. The first-order chi connectivity index (χ1) is 8.30. The molecule has 0 saturated heterocycles. The minimum Gasteiger partial charge on any atom is -0.356 e. The molecular weight excluding hydrogens is 210 g/mol. The zero-order chi connectivity index (χ0) is 12.3. The summed E-state index contributed by atoms with van der Waals surface area (Å²) in [7, 11) is 0. The van der Waals surface area contributed by atoms with Crippen LogP contribution >= 0.6 is 0 Å². The Balaban J connectivity index is 2.47. The van der Waals surface area contributed by atoms with Gasteiger partial charge in [0.2, 0.25) is 0 Å². The van der Waals surface area contributed by atoms with E-state index in [1.807, 2.05) is 0 Å². The zero-order valence-corrected chi connectivity index (χ0v) is 10.7. The van der Waals surface area contributed by atoms with E-state index < -0.39 is 0 Å². The maximum atomic E-state index is 9.24. The van der Waals surface area contributed by atoms with Crippen molar-refractivity contribution >= 4 is 5.82 Å². The van der Waals surface area contributed by atoms with Gasteiger partial charge in [-0.2, -0.15) is 5.26 Å². The van der Waals surface area contributed by atoms with Crippen LogP contribution in [0.5, 0.6) is 0 Å². The molecule has 0 aromatic carbocycles. The van der Waals surface area contributed by atoms with E-state index in [0.29, 0.717) is 0 Å². The van der Waals surface area contributed by atoms with E-state index in [4.69, 9.17) is 4.98 Å². The van der Waals surface area contributed by atoms with E-state index >= 15 is 0 Å². The summed E-state index contributed by atoms with van der Waals surface area (Å²) in [6.45, 7) is 6.01. The molecule has 1 aliphatic carbocycles. The SMILES string of the molecule is CCN(CC)c1nc2c(cc1C#N)CCCC2. The summed E-state index contributed by atoms with van der Waals surface area (Å²) >= 11 is 0. The van der Waals surface area contributed by atoms with Crippen molar-refractivity contribution in [3.63, 3.8) is 0 Å². The number of hydrogen-bond acceptors (Lipinski definition) is 3. The molecule has 0 bridgehead atoms. The van der Waals surface area contributed by atoms with Gasteiger partial charge < -0.3 is 4.90 Å². The quantitative estimate of drug-likeness (QED) is 0.800. The predicted molar refractivity (Wildman–Crippen MR) is 69.2 cm³/mol. The Labute approximate surface area is 103 Å². The maximum absolute atomic E-state index is 9.24. The average molecular weight is 229 g/mol. The smallest absolute Gasteiger partial charge is 0.146 e. The summed E-state index contributed by atoms with van der Waals surface area (Å²) in [6.07, 6.45) is 4.60. The number of anilines is 1. The van der Waals surface area contributed by atoms with E-state index in [9.17, 15) is 5.26 Å². The number of rotatable bonds is 3. The fourth-order valence-electron chi connectivity index (χ4n) is 2.47. The fourth-order valence-corrected chi connectivity index (χ4v) is 2.47. The van der Waals surface area contributed by atoms with Crippen LogP contribution in [0.25, 0.3) is 0 Å². The predicted octanol–water partition coefficient (Wildman–Crippen LogP) is 2.68. The number of nitriles is 1. The van der Waals surface area contributed by atoms with Crippen LogP contribution < -0.4 is 4.90 Å². The lowest BCUT2D eigenvalue weighted by Gasteiger charge is -2.24. The summed E-state index contributed by atoms with van der Waals surface area (Å²) in [6, 6.07) is 4.34. The lowest BCUT2D eigenvalue weighted by atomic mass is 9.95. The molecule has 0 atom stereocenters. The maximum Gasteiger partial charge on any atom is 0.146 e. The molecule has 3 nitrogen and oxygen atoms in total. The van der Waals surface area contributed by atoms with Crippen molar-refractivity contribution < 1.29 is 0 Å². The van der Waals surface area contributed by atoms with Crippen LogP contribution in [0.1, 0.15) is 43.5 Å². The van der Waals surface area contributed by atoms with Crippen LogP contribution in [0.2, 0.25) is 0 Å². The Morgan fingerprint density at radius 3 is 2.65 bits per heavy atom. The summed E-state index contributed by atoms with van der Waals surface area (Å²) < 4.78 is 0. The van der Waals surface area contributed by atoms with Crippen molar-refractivity contribution in [1.82, 2.24) is 4.98 Å². The normalized spacial score (nSPS) is 13.9. The van der Waals surface area contributed by atoms with Crippen LogP contribution in [0.15, 0.2) is 6.07 Å². The van der Waals surface area contributed by atoms with Crippen molar-refractivity contribution in [3.8, 4) is 6.07 Å². The van der Waals surface area contributed by atoms with Gasteiger partial charge in [0.15, 0.2) is 0 Å². The standard InChI is InChI=1S/C14H19N3/c1-3-17(4-2)14-12(10-15)9-11-7-5-6-8-13(11)16-14/h9H,3-8H2,1-2H3. The third-order valence-corrected chi connectivity index (χ3v) is 3.46. The molecule has 0 unspecified atom stereocenters. The van der Waals surface area contributed by atoms with Gasteiger partial charge >= 0.3 is 0 Å². The molecule has 0 spiro atoms. The van der Waals surface area contributed by atoms with Gasteiger partial charge in [-0.1, -0.05) is 0 Å². The molecule has 1 aliphatic rings. The molecule has 1 heterocycles. The van der Waals surface area contributed by atoms with Crippen molar-refractivity contribution in [2.45, 2.75) is 39.5 Å². The molecule has 0 amide bonds. The van der Waals surface area contributed by atoms with Crippen LogP contribution in [-0.4, -0.2) is 18.1 Å². The second-order valence-corrected chi connectivity index (χ2v) is 4.46. The summed E-state index contributed by atoms with van der Waals surface area (Å²) in [5.74, 6) is 0.873. The van der Waals surface area contributed by atoms with Gasteiger partial charge in [-0.15, -0.1) is 0 Å². The number of aryl methyl sites for hydroxylation is 2. The number of aromatic nitrogens is 1. The van der Waals surface area contributed by atoms with Crippen LogP contribution in [-0.2, 0) is 12.8 Å². The monoisotopic (exact) mass is 229 g/mol. The molecule has 3 heteroatoms. The van der Waals surface area contributed by atoms with E-state index in [2.05, 4.69) is 30.9 Å². The Morgan fingerprint density at radius 1 is 1.29 bits per heavy atom. The van der Waals surface area contributed by atoms with E-state index in [1.165, 1.54) is 24.1 Å². The van der Waals surface area contributed by atoms with Crippen LogP contribution in [0.3, 0.4) is 0 Å². The van der Waals surface area contributed by atoms with Crippen LogP contribution in [0.4, 0.5) is 5.82 Å². The molecule has 0 aliphatic heterocycles. The van der Waals surface area contributed by atoms with Gasteiger partial charge in [0, 0.05) is 18.8 Å². The van der Waals surface area contributed by atoms with E-state index in [0.717, 1.165) is 37.3 Å². The molecule has 0 fully saturated rings. The summed E-state index contributed by atoms with van der Waals surface area (Å²) in [5.41, 5.74) is 3.22. The zero-order valence-electron chi connectivity index (χ0n) is 10.7. The Morgan fingerprint density at radius 2 is 2.00 bits per heavy atom. The summed E-state index contributed by atoms with van der Waals surface area (Å²) in [5, 5.41) is 9.24. The van der Waals surface area contributed by atoms with E-state index in [1.54, 1.807) is 0 Å². The van der Waals surface area contributed by atoms with Gasteiger partial charge in [0.1, 0.15) is 11.9 Å². The second-order valence-electron chi connectivity index (χ2n) is 4.46. The van der Waals surface area contributed by atoms with Crippen molar-refractivity contribution in [1.29, 1.82) is 5.26 Å². The molecule has 2 rings (SSSR count). The highest BCUT2D eigenvalue weighted by molar-refractivity contribution is 5.56. The summed E-state index contributed by atoms with van der Waals surface area (Å²) in [4.78, 5) is 6.89. The van der Waals surface area contributed by atoms with Crippen LogP contribution in [0, 0.1) is 11.3 Å². The largest absolute Gasteiger partial charge is 0.356 e. The molecule has 0 N–H and O–H groups in total. The number of pyridine rings is 1. The first kappa shape index (κ1) is 11.9. The third-order valence-electron chi connectivity index (χ3n) is 3.46. The van der Waals surface area contributed by atoms with Gasteiger partial charge in [-0.3, -0.25) is 0 Å². The first-order valence-electron chi connectivity index (χ1n) is 6.48. The Kier molecular flexibility index (Phi) is 3.63. The fraction of sp³-hybridized carbons (Fsp3) is 0.571. The molecule has 90 valence electrons. The molecule has 1 aromatic heterocycles. The number of hydrogen-bond donors (Lipinski definition) is 0. The van der Waals surface area contributed by atoms with Crippen molar-refractivity contribution in [2.24, 2.45) is 0 Å². The van der Waals surface area contributed by atoms with Gasteiger partial charge in [-0.05, 0) is 51.2 Å². The topological polar surface area (TPSA) is 39.9 Å². The average Bonchev–Trinajstić information content (AvgIpc) is 2.39. The molecule has 1 aromatic rings. The molecule has 0 saturated carbocycles. The lowest BCUT2D eigenvalue weighted by Crippen LogP contribution is -2.25. The number of fused-ring (bicyclic) bond motifs is 1. The lowest BCUT2D eigenvalue weighted by molar-refractivity contribution is 0.664. The Bertz CT molecular complexity index is 442. The molecule has 17 heavy (non-hydrogen) atoms. The third kappa shape index (κ3) is 2.26. The first-order valence-corrected chi connectivity index (χ1v) is 6.48. The van der Waals surface area contributed by atoms with Crippen molar-refractivity contribution in [2.75, 3.05) is 18.0 Å². The Hall–Kier alpha value is -1.56. The molecular formula is C14H19N3. The van der Waals surface area contributed by atoms with Gasteiger partial charge in [0.25, 0.3) is 0 Å². The minimum absolute atomic E-state index is 0.731. The van der Waals surface area contributed by atoms with Gasteiger partial charge in [0.05, 0.1) is 5.56 Å². The highest BCUT2D eigenvalue weighted by Crippen LogP contribution is 2.26. The minimum atomic E-state index is 0.731. The molecule has 0 radical (unpaired) electrons. The second kappa shape index (κ2) is 5.18. The van der Waals surface area contributed by atoms with Gasteiger partial charge in [-0.25, -0.2) is 4.98 Å². The highest BCUT2D eigenvalue weighted by atomic mass is 15.2.